The number of nitrogens with zero attached hydrogens (tertiary/aromatic N) is 5. The molecule has 5 rings (SSSR count). The number of aromatic nitrogens is 4. The summed E-state index contributed by atoms with van der Waals surface area (Å²) in [7, 11) is 0. The number of hydrogen-bond donors (Lipinski definition) is 2. The molecule has 0 aliphatic carbocycles. The van der Waals surface area contributed by atoms with Gasteiger partial charge in [0.25, 0.3) is 5.91 Å². The monoisotopic (exact) mass is 506 g/mol. The van der Waals surface area contributed by atoms with E-state index in [4.69, 9.17) is 0 Å². The maximum atomic E-state index is 12.6. The molecule has 9 heteroatoms. The lowest BCUT2D eigenvalue weighted by Crippen LogP contribution is -2.40. The summed E-state index contributed by atoms with van der Waals surface area (Å²) in [4.78, 5) is 23.4. The van der Waals surface area contributed by atoms with Crippen molar-refractivity contribution in [3.05, 3.63) is 71.1 Å². The first-order valence-corrected chi connectivity index (χ1v) is 11.7. The summed E-state index contributed by atoms with van der Waals surface area (Å²) in [6, 6.07) is 14.5. The summed E-state index contributed by atoms with van der Waals surface area (Å²) in [6.45, 7) is 2.18. The molecule has 2 N–H and O–H groups in total. The van der Waals surface area contributed by atoms with E-state index in [0.717, 1.165) is 29.7 Å². The Kier molecular flexibility index (Phi) is 5.95. The summed E-state index contributed by atoms with van der Waals surface area (Å²) in [6.07, 6.45) is 5.18. The predicted molar refractivity (Wildman–Crippen MR) is 129 cm³/mol. The second-order valence-corrected chi connectivity index (χ2v) is 8.96. The predicted octanol–water partition coefficient (Wildman–Crippen LogP) is 4.22. The third-order valence-corrected chi connectivity index (χ3v) is 6.53. The van der Waals surface area contributed by atoms with Crippen molar-refractivity contribution in [2.75, 3.05) is 25.0 Å². The normalized spacial score (nSPS) is 14.5. The van der Waals surface area contributed by atoms with Crippen LogP contribution in [0, 0.1) is 5.92 Å². The number of nitrogens with one attached hydrogen (secondary N) is 1. The molecule has 1 aromatic carbocycles. The van der Waals surface area contributed by atoms with Crippen LogP contribution in [0.3, 0.4) is 0 Å². The molecule has 1 saturated heterocycles. The van der Waals surface area contributed by atoms with Crippen molar-refractivity contribution in [3.8, 4) is 17.0 Å². The van der Waals surface area contributed by atoms with E-state index in [9.17, 15) is 9.90 Å². The molecule has 4 heterocycles. The van der Waals surface area contributed by atoms with Crippen molar-refractivity contribution in [1.29, 1.82) is 0 Å². The highest BCUT2D eigenvalue weighted by Gasteiger charge is 2.24. The van der Waals surface area contributed by atoms with Gasteiger partial charge in [-0.15, -0.1) is 0 Å². The van der Waals surface area contributed by atoms with Gasteiger partial charge in [-0.25, -0.2) is 4.98 Å². The van der Waals surface area contributed by atoms with E-state index in [1.54, 1.807) is 35.1 Å². The van der Waals surface area contributed by atoms with Crippen LogP contribution < -0.4 is 5.32 Å². The quantitative estimate of drug-likeness (QED) is 0.420. The van der Waals surface area contributed by atoms with Gasteiger partial charge >= 0.3 is 0 Å². The van der Waals surface area contributed by atoms with Crippen LogP contribution in [0.5, 0.6) is 5.75 Å². The highest BCUT2D eigenvalue weighted by Crippen LogP contribution is 2.31. The van der Waals surface area contributed by atoms with E-state index in [2.05, 4.69) is 36.3 Å². The Morgan fingerprint density at radius 3 is 2.70 bits per heavy atom. The Morgan fingerprint density at radius 2 is 1.94 bits per heavy atom. The van der Waals surface area contributed by atoms with E-state index in [-0.39, 0.29) is 11.7 Å². The van der Waals surface area contributed by atoms with Gasteiger partial charge in [-0.05, 0) is 59.0 Å². The molecule has 8 nitrogen and oxygen atoms in total. The minimum atomic E-state index is -0.00782. The number of hydrogen-bond acceptors (Lipinski definition) is 6. The largest absolute Gasteiger partial charge is 0.507 e. The number of rotatable bonds is 5. The number of phenols is 1. The van der Waals surface area contributed by atoms with Crippen molar-refractivity contribution in [2.45, 2.75) is 12.8 Å². The number of para-hydroxylation sites is 1. The average molecular weight is 507 g/mol. The second-order valence-electron chi connectivity index (χ2n) is 8.10. The van der Waals surface area contributed by atoms with E-state index in [0.29, 0.717) is 41.6 Å². The van der Waals surface area contributed by atoms with Crippen LogP contribution in [-0.4, -0.2) is 55.1 Å². The zero-order valence-corrected chi connectivity index (χ0v) is 19.4. The number of halogens is 1. The molecule has 1 aliphatic rings. The lowest BCUT2D eigenvalue weighted by atomic mass is 9.96. The number of anilines is 1. The molecule has 1 aliphatic heterocycles. The van der Waals surface area contributed by atoms with Gasteiger partial charge in [0.15, 0.2) is 5.65 Å². The van der Waals surface area contributed by atoms with Crippen LogP contribution in [0.25, 0.3) is 16.9 Å². The molecule has 0 bridgehead atoms. The molecule has 3 aromatic heterocycles. The Balaban J connectivity index is 1.29. The minimum absolute atomic E-state index is 0.00782. The van der Waals surface area contributed by atoms with Crippen molar-refractivity contribution < 1.29 is 9.90 Å². The van der Waals surface area contributed by atoms with Crippen LogP contribution in [0.1, 0.15) is 23.3 Å². The van der Waals surface area contributed by atoms with Crippen LogP contribution in [0.2, 0.25) is 0 Å². The number of amides is 1. The SMILES string of the molecule is O=C(c1ccccn1)N1CCC(CNc2cc(-c3ccccc3O)nc3c(Br)cnn23)CC1. The first-order chi connectivity index (χ1) is 16.1. The fourth-order valence-electron chi connectivity index (χ4n) is 4.13. The molecule has 0 saturated carbocycles. The van der Waals surface area contributed by atoms with Crippen LogP contribution in [0.4, 0.5) is 5.82 Å². The number of carbonyl (C=O) groups is 1. The summed E-state index contributed by atoms with van der Waals surface area (Å²) >= 11 is 3.51. The highest BCUT2D eigenvalue weighted by molar-refractivity contribution is 9.10. The van der Waals surface area contributed by atoms with Gasteiger partial charge in [-0.2, -0.15) is 9.61 Å². The lowest BCUT2D eigenvalue weighted by molar-refractivity contribution is 0.0689. The highest BCUT2D eigenvalue weighted by atomic mass is 79.9. The molecule has 0 unspecified atom stereocenters. The number of benzene rings is 1. The van der Waals surface area contributed by atoms with Crippen molar-refractivity contribution in [2.24, 2.45) is 5.92 Å². The smallest absolute Gasteiger partial charge is 0.272 e. The van der Waals surface area contributed by atoms with Crippen molar-refractivity contribution in [3.63, 3.8) is 0 Å². The molecular formula is C24H23BrN6O2. The van der Waals surface area contributed by atoms with Gasteiger partial charge in [-0.1, -0.05) is 18.2 Å². The number of carbonyl (C=O) groups excluding carboxylic acids is 1. The van der Waals surface area contributed by atoms with Gasteiger partial charge in [0.05, 0.1) is 16.4 Å². The number of aromatic hydroxyl groups is 1. The van der Waals surface area contributed by atoms with Gasteiger partial charge in [0.1, 0.15) is 17.3 Å². The van der Waals surface area contributed by atoms with Crippen LogP contribution in [-0.2, 0) is 0 Å². The Morgan fingerprint density at radius 1 is 1.15 bits per heavy atom. The Bertz CT molecular complexity index is 1280. The van der Waals surface area contributed by atoms with Crippen molar-refractivity contribution in [1.82, 2.24) is 24.5 Å². The van der Waals surface area contributed by atoms with Crippen LogP contribution in [0.15, 0.2) is 65.4 Å². The fourth-order valence-corrected chi connectivity index (χ4v) is 4.48. The summed E-state index contributed by atoms with van der Waals surface area (Å²) in [5, 5.41) is 18.3. The second kappa shape index (κ2) is 9.19. The first-order valence-electron chi connectivity index (χ1n) is 10.9. The van der Waals surface area contributed by atoms with Crippen LogP contribution >= 0.6 is 15.9 Å². The Hall–Kier alpha value is -3.46. The molecule has 0 atom stereocenters. The number of likely N-dealkylation sites (tertiary alicyclic amines) is 1. The van der Waals surface area contributed by atoms with E-state index >= 15 is 0 Å². The van der Waals surface area contributed by atoms with Gasteiger partial charge in [-0.3, -0.25) is 9.78 Å². The number of fused-ring (bicyclic) bond motifs is 1. The third-order valence-electron chi connectivity index (χ3n) is 5.97. The average Bonchev–Trinajstić information content (AvgIpc) is 3.24. The molecule has 1 fully saturated rings. The number of piperidine rings is 1. The number of phenolic OH excluding ortho intramolecular Hbond substituents is 1. The maximum Gasteiger partial charge on any atom is 0.272 e. The zero-order valence-electron chi connectivity index (χ0n) is 17.9. The number of pyridine rings is 1. The summed E-state index contributed by atoms with van der Waals surface area (Å²) in [5.41, 5.74) is 2.50. The molecule has 0 radical (unpaired) electrons. The van der Waals surface area contributed by atoms with Gasteiger partial charge < -0.3 is 15.3 Å². The zero-order chi connectivity index (χ0) is 22.8. The van der Waals surface area contributed by atoms with E-state index in [1.807, 2.05) is 35.2 Å². The summed E-state index contributed by atoms with van der Waals surface area (Å²) in [5.74, 6) is 1.40. The molecule has 0 spiro atoms. The van der Waals surface area contributed by atoms with Crippen molar-refractivity contribution >= 4 is 33.3 Å². The lowest BCUT2D eigenvalue weighted by Gasteiger charge is -2.32. The first kappa shape index (κ1) is 21.4. The third kappa shape index (κ3) is 4.41. The molecule has 1 amide bonds. The minimum Gasteiger partial charge on any atom is -0.507 e. The van der Waals surface area contributed by atoms with E-state index in [1.165, 1.54) is 0 Å². The maximum absolute atomic E-state index is 12.6. The standard InChI is InChI=1S/C24H23BrN6O2/c25-18-15-28-31-22(13-20(29-23(18)31)17-5-1-2-7-21(17)32)27-14-16-8-11-30(12-9-16)24(33)19-6-3-4-10-26-19/h1-7,10,13,15-16,27,32H,8-9,11-12,14H2. The Labute approximate surface area is 199 Å². The molecule has 168 valence electrons. The molecule has 33 heavy (non-hydrogen) atoms. The summed E-state index contributed by atoms with van der Waals surface area (Å²) < 4.78 is 2.54. The topological polar surface area (TPSA) is 95.7 Å². The van der Waals surface area contributed by atoms with Gasteiger partial charge in [0, 0.05) is 37.5 Å². The molecular weight excluding hydrogens is 484 g/mol. The van der Waals surface area contributed by atoms with E-state index < -0.39 is 0 Å². The van der Waals surface area contributed by atoms with Gasteiger partial charge in [0.2, 0.25) is 0 Å². The molecule has 4 aromatic rings. The fraction of sp³-hybridized carbons (Fsp3) is 0.250.